The summed E-state index contributed by atoms with van der Waals surface area (Å²) in [5.41, 5.74) is 1.28. The summed E-state index contributed by atoms with van der Waals surface area (Å²) in [4.78, 5) is 47.2. The molecule has 2 aromatic rings. The maximum Gasteiger partial charge on any atom is 0.250 e. The molecule has 0 radical (unpaired) electrons. The van der Waals surface area contributed by atoms with Crippen LogP contribution in [0.5, 0.6) is 0 Å². The number of amides is 2. The van der Waals surface area contributed by atoms with Crippen LogP contribution in [-0.2, 0) is 27.4 Å². The molecular weight excluding hydrogens is 374 g/mol. The van der Waals surface area contributed by atoms with Gasteiger partial charge < -0.3 is 19.5 Å². The van der Waals surface area contributed by atoms with Gasteiger partial charge >= 0.3 is 0 Å². The van der Waals surface area contributed by atoms with E-state index < -0.39 is 6.10 Å². The van der Waals surface area contributed by atoms with E-state index in [2.05, 4.69) is 15.3 Å². The Hall–Kier alpha value is -3.07. The summed E-state index contributed by atoms with van der Waals surface area (Å²) in [6, 6.07) is 4.65. The zero-order valence-electron chi connectivity index (χ0n) is 16.2. The van der Waals surface area contributed by atoms with E-state index in [-0.39, 0.29) is 42.6 Å². The summed E-state index contributed by atoms with van der Waals surface area (Å²) in [6.07, 6.45) is 5.27. The number of fused-ring (bicyclic) bond motifs is 1. The van der Waals surface area contributed by atoms with Crippen molar-refractivity contribution in [2.45, 2.75) is 51.1 Å². The normalized spacial score (nSPS) is 23.1. The molecule has 3 atom stereocenters. The van der Waals surface area contributed by atoms with Crippen molar-refractivity contribution in [1.29, 1.82) is 0 Å². The average molecular weight is 397 g/mol. The van der Waals surface area contributed by atoms with E-state index >= 15 is 0 Å². The predicted molar refractivity (Wildman–Crippen MR) is 103 cm³/mol. The second-order valence-corrected chi connectivity index (χ2v) is 7.38. The van der Waals surface area contributed by atoms with Crippen molar-refractivity contribution >= 4 is 11.8 Å². The lowest BCUT2D eigenvalue weighted by molar-refractivity contribution is -0.133. The molecule has 2 saturated heterocycles. The summed E-state index contributed by atoms with van der Waals surface area (Å²) in [5, 5.41) is 2.83. The zero-order valence-corrected chi connectivity index (χ0v) is 16.2. The van der Waals surface area contributed by atoms with Gasteiger partial charge in [0, 0.05) is 31.4 Å². The highest BCUT2D eigenvalue weighted by Gasteiger charge is 2.47. The molecule has 0 aromatic carbocycles. The highest BCUT2D eigenvalue weighted by molar-refractivity contribution is 5.82. The fourth-order valence-corrected chi connectivity index (χ4v) is 3.86. The number of hydrogen-bond acceptors (Lipinski definition) is 6. The number of carbonyl (C=O) groups excluding carboxylic acids is 2. The fraction of sp³-hybridized carbons (Fsp3) is 0.450. The second-order valence-electron chi connectivity index (χ2n) is 7.38. The van der Waals surface area contributed by atoms with E-state index in [0.29, 0.717) is 25.1 Å². The van der Waals surface area contributed by atoms with Crippen molar-refractivity contribution in [3.8, 4) is 0 Å². The molecule has 9 nitrogen and oxygen atoms in total. The van der Waals surface area contributed by atoms with Gasteiger partial charge in [0.2, 0.25) is 11.8 Å². The van der Waals surface area contributed by atoms with E-state index in [1.54, 1.807) is 35.6 Å². The summed E-state index contributed by atoms with van der Waals surface area (Å²) in [6.45, 7) is 2.69. The summed E-state index contributed by atoms with van der Waals surface area (Å²) >= 11 is 0. The van der Waals surface area contributed by atoms with Crippen LogP contribution in [0.2, 0.25) is 0 Å². The van der Waals surface area contributed by atoms with Crippen LogP contribution in [0.1, 0.15) is 24.2 Å². The number of aromatic nitrogens is 3. The number of aryl methyl sites for hydroxylation is 1. The van der Waals surface area contributed by atoms with Crippen LogP contribution < -0.4 is 10.9 Å². The van der Waals surface area contributed by atoms with Crippen LogP contribution in [0, 0.1) is 6.92 Å². The van der Waals surface area contributed by atoms with Crippen molar-refractivity contribution < 1.29 is 14.3 Å². The van der Waals surface area contributed by atoms with Crippen molar-refractivity contribution in [2.24, 2.45) is 0 Å². The molecule has 2 fully saturated rings. The molecule has 0 unspecified atom stereocenters. The van der Waals surface area contributed by atoms with Gasteiger partial charge in [-0.1, -0.05) is 6.07 Å². The summed E-state index contributed by atoms with van der Waals surface area (Å²) in [5.74, 6) is -0.348. The molecule has 4 rings (SSSR count). The molecule has 0 aliphatic carbocycles. The number of rotatable bonds is 5. The Morgan fingerprint density at radius 1 is 1.28 bits per heavy atom. The second kappa shape index (κ2) is 8.12. The third-order valence-corrected chi connectivity index (χ3v) is 5.37. The standard InChI is InChI=1S/C20H23N5O4/c1-13-9-22-14(10-21-13)11-23-20(28)17-8-15-16(29-17)5-7-25(15)19(27)12-24-6-3-2-4-18(24)26/h2-4,6,9-10,15-17H,5,7-8,11-12H2,1H3,(H,23,28)/t15-,16-,17+/m1/s1. The molecule has 152 valence electrons. The number of likely N-dealkylation sites (tertiary alicyclic amines) is 1. The number of nitrogens with one attached hydrogen (secondary N) is 1. The zero-order chi connectivity index (χ0) is 20.4. The predicted octanol–water partition coefficient (Wildman–Crippen LogP) is 0.0215. The maximum absolute atomic E-state index is 12.7. The maximum atomic E-state index is 12.7. The first kappa shape index (κ1) is 19.3. The molecule has 2 amide bonds. The number of ether oxygens (including phenoxy) is 1. The molecule has 2 aromatic heterocycles. The lowest BCUT2D eigenvalue weighted by Crippen LogP contribution is -2.41. The third kappa shape index (κ3) is 4.19. The Bertz CT molecular complexity index is 958. The van der Waals surface area contributed by atoms with E-state index in [9.17, 15) is 14.4 Å². The van der Waals surface area contributed by atoms with Gasteiger partial charge in [-0.15, -0.1) is 0 Å². The van der Waals surface area contributed by atoms with Crippen molar-refractivity contribution in [1.82, 2.24) is 24.8 Å². The van der Waals surface area contributed by atoms with E-state index in [0.717, 1.165) is 5.69 Å². The van der Waals surface area contributed by atoms with Crippen LogP contribution in [0.3, 0.4) is 0 Å². The average Bonchev–Trinajstić information content (AvgIpc) is 3.30. The van der Waals surface area contributed by atoms with Crippen LogP contribution >= 0.6 is 0 Å². The SMILES string of the molecule is Cc1cnc(CNC(=O)[C@@H]2C[C@@H]3[C@@H](CCN3C(=O)Cn3ccccc3=O)O2)cn1. The minimum absolute atomic E-state index is 0.00809. The lowest BCUT2D eigenvalue weighted by atomic mass is 10.1. The fourth-order valence-electron chi connectivity index (χ4n) is 3.86. The Kier molecular flexibility index (Phi) is 5.39. The highest BCUT2D eigenvalue weighted by atomic mass is 16.5. The van der Waals surface area contributed by atoms with Crippen LogP contribution in [-0.4, -0.2) is 56.0 Å². The molecular formula is C20H23N5O4. The molecule has 2 aliphatic rings. The minimum Gasteiger partial charge on any atom is -0.363 e. The van der Waals surface area contributed by atoms with Crippen molar-refractivity contribution in [2.75, 3.05) is 6.54 Å². The van der Waals surface area contributed by atoms with Gasteiger partial charge in [0.15, 0.2) is 0 Å². The first-order chi connectivity index (χ1) is 14.0. The Balaban J connectivity index is 1.33. The van der Waals surface area contributed by atoms with Gasteiger partial charge in [0.05, 0.1) is 36.3 Å². The number of nitrogens with zero attached hydrogens (tertiary/aromatic N) is 4. The van der Waals surface area contributed by atoms with Crippen LogP contribution in [0.4, 0.5) is 0 Å². The lowest BCUT2D eigenvalue weighted by Gasteiger charge is -2.23. The van der Waals surface area contributed by atoms with Gasteiger partial charge in [0.1, 0.15) is 12.6 Å². The van der Waals surface area contributed by atoms with Crippen LogP contribution in [0.15, 0.2) is 41.6 Å². The van der Waals surface area contributed by atoms with Crippen molar-refractivity contribution in [3.63, 3.8) is 0 Å². The Morgan fingerprint density at radius 3 is 2.90 bits per heavy atom. The molecule has 0 bridgehead atoms. The summed E-state index contributed by atoms with van der Waals surface area (Å²) in [7, 11) is 0. The van der Waals surface area contributed by atoms with E-state index in [1.165, 1.54) is 10.6 Å². The quantitative estimate of drug-likeness (QED) is 0.763. The Labute approximate surface area is 167 Å². The monoisotopic (exact) mass is 397 g/mol. The Morgan fingerprint density at radius 2 is 2.14 bits per heavy atom. The molecule has 1 N–H and O–H groups in total. The molecule has 0 saturated carbocycles. The number of hydrogen-bond donors (Lipinski definition) is 1. The van der Waals surface area contributed by atoms with E-state index in [1.807, 2.05) is 6.92 Å². The topological polar surface area (TPSA) is 106 Å². The first-order valence-corrected chi connectivity index (χ1v) is 9.67. The molecule has 2 aliphatic heterocycles. The smallest absolute Gasteiger partial charge is 0.250 e. The summed E-state index contributed by atoms with van der Waals surface area (Å²) < 4.78 is 7.29. The molecule has 4 heterocycles. The molecule has 29 heavy (non-hydrogen) atoms. The van der Waals surface area contributed by atoms with Gasteiger partial charge in [-0.05, 0) is 19.4 Å². The highest BCUT2D eigenvalue weighted by Crippen LogP contribution is 2.33. The molecule has 0 spiro atoms. The van der Waals surface area contributed by atoms with E-state index in [4.69, 9.17) is 4.74 Å². The largest absolute Gasteiger partial charge is 0.363 e. The number of carbonyl (C=O) groups is 2. The van der Waals surface area contributed by atoms with Gasteiger partial charge in [-0.25, -0.2) is 0 Å². The third-order valence-electron chi connectivity index (χ3n) is 5.37. The van der Waals surface area contributed by atoms with Crippen molar-refractivity contribution in [3.05, 3.63) is 58.5 Å². The van der Waals surface area contributed by atoms with Gasteiger partial charge in [0.25, 0.3) is 5.56 Å². The molecule has 9 heteroatoms. The first-order valence-electron chi connectivity index (χ1n) is 9.67. The van der Waals surface area contributed by atoms with Crippen LogP contribution in [0.25, 0.3) is 0 Å². The van der Waals surface area contributed by atoms with Gasteiger partial charge in [-0.2, -0.15) is 0 Å². The van der Waals surface area contributed by atoms with Gasteiger partial charge in [-0.3, -0.25) is 24.4 Å². The number of pyridine rings is 1. The minimum atomic E-state index is -0.599.